The standard InChI is InChI=1S/C19H26FN3.HI/c1-21-17(23-12-11-18(14-23)7-4-8-18)22-13-19(9-10-19)15-5-2-3-6-16(15)20;/h2-3,5-6H,4,7-14H2,1H3,(H,21,22);1H. The van der Waals surface area contributed by atoms with E-state index in [0.29, 0.717) is 5.41 Å². The van der Waals surface area contributed by atoms with Crippen LogP contribution in [0.15, 0.2) is 29.3 Å². The first-order valence-electron chi connectivity index (χ1n) is 8.87. The van der Waals surface area contributed by atoms with Gasteiger partial charge < -0.3 is 10.2 Å². The molecule has 1 spiro atoms. The molecule has 4 rings (SSSR count). The summed E-state index contributed by atoms with van der Waals surface area (Å²) in [5.74, 6) is 0.924. The Hall–Kier alpha value is -0.850. The van der Waals surface area contributed by atoms with Gasteiger partial charge in [0.2, 0.25) is 0 Å². The molecular weight excluding hydrogens is 416 g/mol. The van der Waals surface area contributed by atoms with Gasteiger partial charge in [0.25, 0.3) is 0 Å². The van der Waals surface area contributed by atoms with Crippen LogP contribution in [-0.2, 0) is 5.41 Å². The molecule has 1 saturated heterocycles. The van der Waals surface area contributed by atoms with Gasteiger partial charge in [0.05, 0.1) is 0 Å². The van der Waals surface area contributed by atoms with Crippen LogP contribution in [0.25, 0.3) is 0 Å². The summed E-state index contributed by atoms with van der Waals surface area (Å²) in [6.07, 6.45) is 7.55. The third-order valence-electron chi connectivity index (χ3n) is 6.25. The second-order valence-electron chi connectivity index (χ2n) is 7.69. The van der Waals surface area contributed by atoms with E-state index in [0.717, 1.165) is 44.0 Å². The summed E-state index contributed by atoms with van der Waals surface area (Å²) in [5, 5.41) is 3.54. The predicted molar refractivity (Wildman–Crippen MR) is 107 cm³/mol. The fourth-order valence-corrected chi connectivity index (χ4v) is 4.36. The molecule has 1 aromatic carbocycles. The lowest BCUT2D eigenvalue weighted by molar-refractivity contribution is 0.151. The Morgan fingerprint density at radius 3 is 2.50 bits per heavy atom. The van der Waals surface area contributed by atoms with E-state index >= 15 is 0 Å². The van der Waals surface area contributed by atoms with Crippen LogP contribution in [0, 0.1) is 11.2 Å². The Labute approximate surface area is 161 Å². The number of halogens is 2. The van der Waals surface area contributed by atoms with E-state index in [9.17, 15) is 4.39 Å². The van der Waals surface area contributed by atoms with Gasteiger partial charge in [-0.2, -0.15) is 0 Å². The maximum Gasteiger partial charge on any atom is 0.193 e. The van der Waals surface area contributed by atoms with E-state index in [1.54, 1.807) is 12.1 Å². The maximum absolute atomic E-state index is 14.1. The van der Waals surface area contributed by atoms with Gasteiger partial charge in [-0.15, -0.1) is 24.0 Å². The molecule has 24 heavy (non-hydrogen) atoms. The van der Waals surface area contributed by atoms with Crippen molar-refractivity contribution in [1.29, 1.82) is 0 Å². The van der Waals surface area contributed by atoms with E-state index in [2.05, 4.69) is 15.2 Å². The van der Waals surface area contributed by atoms with Crippen molar-refractivity contribution >= 4 is 29.9 Å². The van der Waals surface area contributed by atoms with Crippen molar-refractivity contribution in [3.8, 4) is 0 Å². The van der Waals surface area contributed by atoms with Gasteiger partial charge in [0.1, 0.15) is 5.82 Å². The summed E-state index contributed by atoms with van der Waals surface area (Å²) >= 11 is 0. The summed E-state index contributed by atoms with van der Waals surface area (Å²) in [4.78, 5) is 6.88. The lowest BCUT2D eigenvalue weighted by Gasteiger charge is -2.38. The molecule has 3 nitrogen and oxygen atoms in total. The fourth-order valence-electron chi connectivity index (χ4n) is 4.36. The van der Waals surface area contributed by atoms with Crippen LogP contribution in [0.2, 0.25) is 0 Å². The molecule has 3 aliphatic rings. The second kappa shape index (κ2) is 6.81. The maximum atomic E-state index is 14.1. The highest BCUT2D eigenvalue weighted by molar-refractivity contribution is 14.0. The van der Waals surface area contributed by atoms with E-state index in [4.69, 9.17) is 0 Å². The Balaban J connectivity index is 0.00000169. The molecule has 0 unspecified atom stereocenters. The summed E-state index contributed by atoms with van der Waals surface area (Å²) in [5.41, 5.74) is 1.40. The highest BCUT2D eigenvalue weighted by atomic mass is 127. The number of likely N-dealkylation sites (tertiary alicyclic amines) is 1. The molecule has 1 N–H and O–H groups in total. The first kappa shape index (κ1) is 18.0. The molecule has 132 valence electrons. The van der Waals surface area contributed by atoms with Crippen molar-refractivity contribution in [1.82, 2.24) is 10.2 Å². The number of hydrogen-bond acceptors (Lipinski definition) is 1. The van der Waals surface area contributed by atoms with Crippen molar-refractivity contribution in [3.05, 3.63) is 35.6 Å². The molecule has 1 aliphatic heterocycles. The van der Waals surface area contributed by atoms with Crippen LogP contribution < -0.4 is 5.32 Å². The van der Waals surface area contributed by atoms with Crippen LogP contribution >= 0.6 is 24.0 Å². The molecular formula is C19H27FIN3. The van der Waals surface area contributed by atoms with Gasteiger partial charge >= 0.3 is 0 Å². The number of guanidine groups is 1. The average molecular weight is 443 g/mol. The molecule has 0 radical (unpaired) electrons. The number of rotatable bonds is 3. The monoisotopic (exact) mass is 443 g/mol. The van der Waals surface area contributed by atoms with Gasteiger partial charge in [0, 0.05) is 32.1 Å². The molecule has 2 aliphatic carbocycles. The first-order chi connectivity index (χ1) is 11.2. The lowest BCUT2D eigenvalue weighted by Crippen LogP contribution is -2.45. The summed E-state index contributed by atoms with van der Waals surface area (Å²) in [6, 6.07) is 7.22. The molecule has 0 atom stereocenters. The molecule has 3 fully saturated rings. The van der Waals surface area contributed by atoms with Crippen LogP contribution in [0.5, 0.6) is 0 Å². The summed E-state index contributed by atoms with van der Waals surface area (Å²) in [7, 11) is 1.86. The number of hydrogen-bond donors (Lipinski definition) is 1. The molecule has 1 heterocycles. The molecule has 5 heteroatoms. The molecule has 0 bridgehead atoms. The van der Waals surface area contributed by atoms with Gasteiger partial charge in [-0.1, -0.05) is 24.6 Å². The zero-order valence-electron chi connectivity index (χ0n) is 14.4. The zero-order chi connectivity index (χ0) is 15.9. The van der Waals surface area contributed by atoms with Crippen molar-refractivity contribution < 1.29 is 4.39 Å². The highest BCUT2D eigenvalue weighted by Crippen LogP contribution is 2.49. The topological polar surface area (TPSA) is 27.6 Å². The molecule has 2 saturated carbocycles. The van der Waals surface area contributed by atoms with Crippen LogP contribution in [0.1, 0.15) is 44.1 Å². The number of benzene rings is 1. The SMILES string of the molecule is CN=C(NCC1(c2ccccc2F)CC1)N1CCC2(CCC2)C1.I. The number of nitrogens with one attached hydrogen (secondary N) is 1. The quantitative estimate of drug-likeness (QED) is 0.436. The van der Waals surface area contributed by atoms with Crippen molar-refractivity contribution in [2.45, 2.75) is 43.9 Å². The van der Waals surface area contributed by atoms with Crippen LogP contribution in [0.4, 0.5) is 4.39 Å². The largest absolute Gasteiger partial charge is 0.355 e. The molecule has 0 amide bonds. The Kier molecular flexibility index (Phi) is 5.09. The van der Waals surface area contributed by atoms with Gasteiger partial charge in [-0.3, -0.25) is 4.99 Å². The Bertz CT molecular complexity index is 623. The Morgan fingerprint density at radius 1 is 1.21 bits per heavy atom. The van der Waals surface area contributed by atoms with Crippen molar-refractivity contribution in [3.63, 3.8) is 0 Å². The fraction of sp³-hybridized carbons (Fsp3) is 0.632. The first-order valence-corrected chi connectivity index (χ1v) is 8.87. The van der Waals surface area contributed by atoms with Crippen molar-refractivity contribution in [2.75, 3.05) is 26.7 Å². The number of aliphatic imine (C=N–C) groups is 1. The average Bonchev–Trinajstić information content (AvgIpc) is 3.16. The predicted octanol–water partition coefficient (Wildman–Crippen LogP) is 3.93. The minimum atomic E-state index is -0.0728. The van der Waals surface area contributed by atoms with E-state index in [-0.39, 0.29) is 35.2 Å². The van der Waals surface area contributed by atoms with E-state index in [1.807, 2.05) is 19.2 Å². The van der Waals surface area contributed by atoms with Crippen molar-refractivity contribution in [2.24, 2.45) is 10.4 Å². The van der Waals surface area contributed by atoms with E-state index < -0.39 is 0 Å². The smallest absolute Gasteiger partial charge is 0.193 e. The second-order valence-corrected chi connectivity index (χ2v) is 7.69. The zero-order valence-corrected chi connectivity index (χ0v) is 16.7. The number of nitrogens with zero attached hydrogens (tertiary/aromatic N) is 2. The van der Waals surface area contributed by atoms with Crippen LogP contribution in [-0.4, -0.2) is 37.5 Å². The highest BCUT2D eigenvalue weighted by Gasteiger charge is 2.47. The van der Waals surface area contributed by atoms with Gasteiger partial charge in [-0.25, -0.2) is 4.39 Å². The molecule has 0 aromatic heterocycles. The minimum Gasteiger partial charge on any atom is -0.355 e. The normalized spacial score (nSPS) is 23.6. The summed E-state index contributed by atoms with van der Waals surface area (Å²) in [6.45, 7) is 3.02. The van der Waals surface area contributed by atoms with E-state index in [1.165, 1.54) is 25.7 Å². The van der Waals surface area contributed by atoms with Crippen LogP contribution in [0.3, 0.4) is 0 Å². The Morgan fingerprint density at radius 2 is 1.96 bits per heavy atom. The van der Waals surface area contributed by atoms with Gasteiger partial charge in [0.15, 0.2) is 5.96 Å². The third kappa shape index (κ3) is 3.16. The molecule has 1 aromatic rings. The minimum absolute atomic E-state index is 0. The lowest BCUT2D eigenvalue weighted by atomic mass is 9.68. The van der Waals surface area contributed by atoms with Gasteiger partial charge in [-0.05, 0) is 49.1 Å². The third-order valence-corrected chi connectivity index (χ3v) is 6.25. The summed E-state index contributed by atoms with van der Waals surface area (Å²) < 4.78 is 14.1.